The average Bonchev–Trinajstić information content (AvgIpc) is 3.19. The number of piperazine rings is 1. The summed E-state index contributed by atoms with van der Waals surface area (Å²) in [5.74, 6) is 0.831. The van der Waals surface area contributed by atoms with Gasteiger partial charge < -0.3 is 9.80 Å². The lowest BCUT2D eigenvalue weighted by molar-refractivity contribution is -0.393. The molecular weight excluding hydrogens is 352 g/mol. The molecule has 1 amide bonds. The molecule has 2 fully saturated rings. The van der Waals surface area contributed by atoms with Crippen LogP contribution in [0.4, 0.5) is 17.1 Å². The zero-order valence-electron chi connectivity index (χ0n) is 15.2. The van der Waals surface area contributed by atoms with Crippen molar-refractivity contribution in [1.29, 1.82) is 0 Å². The zero-order chi connectivity index (χ0) is 19.4. The number of benzene rings is 1. The SMILES string of the molecule is O=C(CCC1CCCC1)N1CCN(c2ccc([N+](=O)[O-])cc2[N+](=O)[O-])CC1. The number of nitrogens with zero attached hydrogens (tertiary/aromatic N) is 4. The Kier molecular flexibility index (Phi) is 5.88. The first-order valence-electron chi connectivity index (χ1n) is 9.41. The standard InChI is InChI=1S/C18H24N4O5/c23-18(8-5-14-3-1-2-4-14)20-11-9-19(10-12-20)16-7-6-15(21(24)25)13-17(16)22(26)27/h6-7,13-14H,1-5,8-12H2. The number of non-ortho nitro benzene ring substituents is 1. The van der Waals surface area contributed by atoms with Crippen molar-refractivity contribution in [3.8, 4) is 0 Å². The Morgan fingerprint density at radius 1 is 1.04 bits per heavy atom. The summed E-state index contributed by atoms with van der Waals surface area (Å²) in [7, 11) is 0. The third-order valence-electron chi connectivity index (χ3n) is 5.58. The Balaban J connectivity index is 1.59. The van der Waals surface area contributed by atoms with Gasteiger partial charge in [0.1, 0.15) is 5.69 Å². The van der Waals surface area contributed by atoms with Crippen molar-refractivity contribution in [2.45, 2.75) is 38.5 Å². The van der Waals surface area contributed by atoms with Crippen LogP contribution in [-0.4, -0.2) is 46.8 Å². The van der Waals surface area contributed by atoms with Gasteiger partial charge in [0.05, 0.1) is 15.9 Å². The van der Waals surface area contributed by atoms with Crippen molar-refractivity contribution >= 4 is 23.0 Å². The fraction of sp³-hybridized carbons (Fsp3) is 0.611. The lowest BCUT2D eigenvalue weighted by Gasteiger charge is -2.36. The first-order chi connectivity index (χ1) is 13.0. The minimum absolute atomic E-state index is 0.153. The van der Waals surface area contributed by atoms with Gasteiger partial charge in [0.2, 0.25) is 5.91 Å². The van der Waals surface area contributed by atoms with Gasteiger partial charge >= 0.3 is 0 Å². The van der Waals surface area contributed by atoms with E-state index in [9.17, 15) is 25.0 Å². The fourth-order valence-electron chi connectivity index (χ4n) is 4.02. The monoisotopic (exact) mass is 376 g/mol. The van der Waals surface area contributed by atoms with Crippen LogP contribution in [0.2, 0.25) is 0 Å². The minimum atomic E-state index is -0.641. The number of hydrogen-bond donors (Lipinski definition) is 0. The predicted octanol–water partition coefficient (Wildman–Crippen LogP) is 3.12. The molecule has 9 nitrogen and oxygen atoms in total. The maximum absolute atomic E-state index is 12.4. The van der Waals surface area contributed by atoms with Crippen molar-refractivity contribution in [1.82, 2.24) is 4.90 Å². The van der Waals surface area contributed by atoms with Crippen LogP contribution in [-0.2, 0) is 4.79 Å². The van der Waals surface area contributed by atoms with E-state index in [-0.39, 0.29) is 17.3 Å². The van der Waals surface area contributed by atoms with Gasteiger partial charge in [0.15, 0.2) is 0 Å². The highest BCUT2D eigenvalue weighted by atomic mass is 16.6. The van der Waals surface area contributed by atoms with E-state index in [1.807, 2.05) is 9.80 Å². The van der Waals surface area contributed by atoms with E-state index in [2.05, 4.69) is 0 Å². The van der Waals surface area contributed by atoms with E-state index < -0.39 is 9.85 Å². The number of amides is 1. The van der Waals surface area contributed by atoms with Gasteiger partial charge in [0, 0.05) is 38.7 Å². The summed E-state index contributed by atoms with van der Waals surface area (Å²) < 4.78 is 0. The highest BCUT2D eigenvalue weighted by molar-refractivity contribution is 5.76. The summed E-state index contributed by atoms with van der Waals surface area (Å²) in [6.07, 6.45) is 6.52. The molecule has 1 saturated carbocycles. The van der Waals surface area contributed by atoms with Gasteiger partial charge in [-0.2, -0.15) is 0 Å². The molecule has 27 heavy (non-hydrogen) atoms. The Morgan fingerprint density at radius 2 is 1.70 bits per heavy atom. The van der Waals surface area contributed by atoms with Crippen LogP contribution >= 0.6 is 0 Å². The van der Waals surface area contributed by atoms with Gasteiger partial charge in [-0.3, -0.25) is 25.0 Å². The minimum Gasteiger partial charge on any atom is -0.362 e. The number of carbonyl (C=O) groups is 1. The Morgan fingerprint density at radius 3 is 2.30 bits per heavy atom. The summed E-state index contributed by atoms with van der Waals surface area (Å²) in [5.41, 5.74) is -0.208. The van der Waals surface area contributed by atoms with Gasteiger partial charge in [0.25, 0.3) is 11.4 Å². The molecule has 0 unspecified atom stereocenters. The molecule has 0 spiro atoms. The molecule has 2 aliphatic rings. The third-order valence-corrected chi connectivity index (χ3v) is 5.58. The first-order valence-corrected chi connectivity index (χ1v) is 9.41. The number of hydrogen-bond acceptors (Lipinski definition) is 6. The van der Waals surface area contributed by atoms with Crippen LogP contribution in [0.5, 0.6) is 0 Å². The lowest BCUT2D eigenvalue weighted by Crippen LogP contribution is -2.49. The van der Waals surface area contributed by atoms with E-state index in [1.54, 1.807) is 0 Å². The highest BCUT2D eigenvalue weighted by Crippen LogP contribution is 2.33. The van der Waals surface area contributed by atoms with E-state index >= 15 is 0 Å². The molecule has 0 radical (unpaired) electrons. The molecule has 0 atom stereocenters. The average molecular weight is 376 g/mol. The van der Waals surface area contributed by atoms with Gasteiger partial charge in [-0.1, -0.05) is 25.7 Å². The number of carbonyl (C=O) groups excluding carboxylic acids is 1. The zero-order valence-corrected chi connectivity index (χ0v) is 15.2. The van der Waals surface area contributed by atoms with Gasteiger partial charge in [-0.15, -0.1) is 0 Å². The summed E-state index contributed by atoms with van der Waals surface area (Å²) in [4.78, 5) is 37.0. The number of anilines is 1. The smallest absolute Gasteiger partial charge is 0.299 e. The number of nitro benzene ring substituents is 2. The normalized spacial score (nSPS) is 17.9. The Hall–Kier alpha value is -2.71. The third kappa shape index (κ3) is 4.53. The van der Waals surface area contributed by atoms with Crippen LogP contribution in [0, 0.1) is 26.1 Å². The summed E-state index contributed by atoms with van der Waals surface area (Å²) in [6.45, 7) is 1.98. The van der Waals surface area contributed by atoms with E-state index in [4.69, 9.17) is 0 Å². The Labute approximate surface area is 157 Å². The molecule has 1 heterocycles. The maximum Gasteiger partial charge on any atom is 0.299 e. The Bertz CT molecular complexity index is 724. The fourth-order valence-corrected chi connectivity index (χ4v) is 4.02. The molecule has 1 saturated heterocycles. The topological polar surface area (TPSA) is 110 Å². The van der Waals surface area contributed by atoms with Crippen molar-refractivity contribution < 1.29 is 14.6 Å². The highest BCUT2D eigenvalue weighted by Gasteiger charge is 2.28. The first kappa shape index (κ1) is 19.1. The van der Waals surface area contributed by atoms with Gasteiger partial charge in [-0.25, -0.2) is 0 Å². The van der Waals surface area contributed by atoms with Crippen LogP contribution in [0.1, 0.15) is 38.5 Å². The van der Waals surface area contributed by atoms with Crippen LogP contribution in [0.15, 0.2) is 18.2 Å². The van der Waals surface area contributed by atoms with Crippen LogP contribution < -0.4 is 4.90 Å². The van der Waals surface area contributed by atoms with Crippen molar-refractivity contribution in [3.63, 3.8) is 0 Å². The second-order valence-electron chi connectivity index (χ2n) is 7.24. The summed E-state index contributed by atoms with van der Waals surface area (Å²) in [5, 5.41) is 22.2. The molecule has 1 aliphatic heterocycles. The van der Waals surface area contributed by atoms with Crippen molar-refractivity contribution in [3.05, 3.63) is 38.4 Å². The van der Waals surface area contributed by atoms with E-state index in [0.29, 0.717) is 44.2 Å². The molecule has 0 aromatic heterocycles. The molecule has 1 aliphatic carbocycles. The summed E-state index contributed by atoms with van der Waals surface area (Å²) >= 11 is 0. The molecule has 146 valence electrons. The second-order valence-corrected chi connectivity index (χ2v) is 7.24. The molecule has 9 heteroatoms. The number of nitro groups is 2. The molecule has 1 aromatic rings. The molecular formula is C18H24N4O5. The molecule has 0 bridgehead atoms. The van der Waals surface area contributed by atoms with E-state index in [1.165, 1.54) is 37.8 Å². The van der Waals surface area contributed by atoms with Crippen molar-refractivity contribution in [2.75, 3.05) is 31.1 Å². The maximum atomic E-state index is 12.4. The molecule has 1 aromatic carbocycles. The van der Waals surface area contributed by atoms with Crippen LogP contribution in [0.25, 0.3) is 0 Å². The van der Waals surface area contributed by atoms with Crippen molar-refractivity contribution in [2.24, 2.45) is 5.92 Å². The van der Waals surface area contributed by atoms with Crippen LogP contribution in [0.3, 0.4) is 0 Å². The predicted molar refractivity (Wildman–Crippen MR) is 99.7 cm³/mol. The summed E-state index contributed by atoms with van der Waals surface area (Å²) in [6, 6.07) is 3.70. The second kappa shape index (κ2) is 8.32. The quantitative estimate of drug-likeness (QED) is 0.557. The molecule has 3 rings (SSSR count). The number of rotatable bonds is 6. The van der Waals surface area contributed by atoms with E-state index in [0.717, 1.165) is 12.5 Å². The lowest BCUT2D eigenvalue weighted by atomic mass is 10.0. The van der Waals surface area contributed by atoms with Gasteiger partial charge in [-0.05, 0) is 18.4 Å². The largest absolute Gasteiger partial charge is 0.362 e. The molecule has 0 N–H and O–H groups in total.